The molecule has 0 bridgehead atoms. The smallest absolute Gasteiger partial charge is 0.356 e. The van der Waals surface area contributed by atoms with E-state index in [1.54, 1.807) is 6.92 Å². The number of nitrogens with zero attached hydrogens (tertiary/aromatic N) is 2. The minimum Gasteiger partial charge on any atom is -0.356 e. The molecule has 1 N–H and O–H groups in total. The average molecular weight is 301 g/mol. The number of rotatable bonds is 4. The van der Waals surface area contributed by atoms with Gasteiger partial charge in [-0.3, -0.25) is 4.79 Å². The van der Waals surface area contributed by atoms with E-state index < -0.39 is 11.9 Å². The number of hydrogen-bond donors (Lipinski definition) is 1. The molecule has 1 aliphatic heterocycles. The van der Waals surface area contributed by atoms with Crippen LogP contribution in [-0.4, -0.2) is 24.0 Å². The summed E-state index contributed by atoms with van der Waals surface area (Å²) in [6, 6.07) is 2.37. The molecule has 1 aromatic heterocycles. The highest BCUT2D eigenvalue weighted by Crippen LogP contribution is 2.31. The fourth-order valence-corrected chi connectivity index (χ4v) is 2.29. The van der Waals surface area contributed by atoms with Crippen molar-refractivity contribution in [2.24, 2.45) is 0 Å². The number of carbonyl (C=O) groups excluding carboxylic acids is 1. The van der Waals surface area contributed by atoms with E-state index in [-0.39, 0.29) is 12.5 Å². The first kappa shape index (κ1) is 15.6. The van der Waals surface area contributed by atoms with Crippen molar-refractivity contribution in [1.29, 1.82) is 0 Å². The number of amides is 1. The molecule has 0 spiro atoms. The molecule has 4 nitrogen and oxygen atoms in total. The van der Waals surface area contributed by atoms with Crippen LogP contribution in [0.3, 0.4) is 0 Å². The third kappa shape index (κ3) is 3.86. The number of anilines is 1. The van der Waals surface area contributed by atoms with Gasteiger partial charge in [0.25, 0.3) is 0 Å². The van der Waals surface area contributed by atoms with E-state index in [1.165, 1.54) is 6.07 Å². The van der Waals surface area contributed by atoms with Crippen molar-refractivity contribution in [2.45, 2.75) is 38.9 Å². The molecule has 1 fully saturated rings. The summed E-state index contributed by atoms with van der Waals surface area (Å²) in [5, 5.41) is 2.68. The summed E-state index contributed by atoms with van der Waals surface area (Å²) in [4.78, 5) is 16.9. The normalized spacial score (nSPS) is 15.3. The first-order valence-corrected chi connectivity index (χ1v) is 7.00. The first-order valence-electron chi connectivity index (χ1n) is 7.00. The quantitative estimate of drug-likeness (QED) is 0.930. The van der Waals surface area contributed by atoms with Crippen molar-refractivity contribution in [3.8, 4) is 0 Å². The maximum atomic E-state index is 12.8. The molecule has 116 valence electrons. The number of carbonyl (C=O) groups is 1. The number of aromatic nitrogens is 1. The summed E-state index contributed by atoms with van der Waals surface area (Å²) in [6.45, 7) is 3.32. The van der Waals surface area contributed by atoms with Crippen LogP contribution in [-0.2, 0) is 17.5 Å². The molecule has 21 heavy (non-hydrogen) atoms. The molecule has 1 aromatic rings. The van der Waals surface area contributed by atoms with Gasteiger partial charge in [-0.1, -0.05) is 13.0 Å². The van der Waals surface area contributed by atoms with Crippen molar-refractivity contribution in [1.82, 2.24) is 10.3 Å². The van der Waals surface area contributed by atoms with E-state index in [9.17, 15) is 18.0 Å². The molecule has 0 radical (unpaired) electrons. The zero-order valence-electron chi connectivity index (χ0n) is 11.8. The summed E-state index contributed by atoms with van der Waals surface area (Å²) in [5.74, 6) is 0.195. The topological polar surface area (TPSA) is 45.2 Å². The van der Waals surface area contributed by atoms with Gasteiger partial charge in [0.05, 0.1) is 0 Å². The van der Waals surface area contributed by atoms with E-state index in [4.69, 9.17) is 0 Å². The third-order valence-corrected chi connectivity index (χ3v) is 3.45. The maximum Gasteiger partial charge on any atom is 0.433 e. The van der Waals surface area contributed by atoms with Crippen LogP contribution in [0.2, 0.25) is 0 Å². The van der Waals surface area contributed by atoms with E-state index in [2.05, 4.69) is 10.3 Å². The van der Waals surface area contributed by atoms with Gasteiger partial charge >= 0.3 is 6.18 Å². The number of halogens is 3. The van der Waals surface area contributed by atoms with E-state index in [1.807, 2.05) is 4.90 Å². The predicted octanol–water partition coefficient (Wildman–Crippen LogP) is 2.73. The molecule has 1 aliphatic rings. The van der Waals surface area contributed by atoms with Crippen LogP contribution in [0.5, 0.6) is 0 Å². The molecular formula is C14H18F3N3O. The molecule has 0 unspecified atom stereocenters. The summed E-state index contributed by atoms with van der Waals surface area (Å²) in [7, 11) is 0. The molecular weight excluding hydrogens is 283 g/mol. The SMILES string of the molecule is CCC(=O)NCc1ccc(C(F)(F)F)nc1N1CCCC1. The second-order valence-corrected chi connectivity index (χ2v) is 5.00. The van der Waals surface area contributed by atoms with Gasteiger partial charge in [-0.15, -0.1) is 0 Å². The Bertz CT molecular complexity index is 511. The molecule has 2 heterocycles. The molecule has 2 rings (SSSR count). The van der Waals surface area contributed by atoms with Crippen LogP contribution in [0.25, 0.3) is 0 Å². The van der Waals surface area contributed by atoms with Crippen LogP contribution in [0.15, 0.2) is 12.1 Å². The third-order valence-electron chi connectivity index (χ3n) is 3.45. The van der Waals surface area contributed by atoms with Crippen molar-refractivity contribution < 1.29 is 18.0 Å². The number of alkyl halides is 3. The monoisotopic (exact) mass is 301 g/mol. The van der Waals surface area contributed by atoms with Gasteiger partial charge in [0.15, 0.2) is 0 Å². The number of pyridine rings is 1. The number of hydrogen-bond acceptors (Lipinski definition) is 3. The molecule has 0 saturated carbocycles. The average Bonchev–Trinajstić information content (AvgIpc) is 2.97. The molecule has 0 aliphatic carbocycles. The summed E-state index contributed by atoms with van der Waals surface area (Å²) in [6.07, 6.45) is -2.23. The Hall–Kier alpha value is -1.79. The first-order chi connectivity index (χ1) is 9.91. The molecule has 0 aromatic carbocycles. The highest BCUT2D eigenvalue weighted by atomic mass is 19.4. The minimum absolute atomic E-state index is 0.137. The molecule has 0 atom stereocenters. The lowest BCUT2D eigenvalue weighted by atomic mass is 10.2. The van der Waals surface area contributed by atoms with Gasteiger partial charge in [-0.05, 0) is 18.9 Å². The lowest BCUT2D eigenvalue weighted by Gasteiger charge is -2.21. The van der Waals surface area contributed by atoms with Gasteiger partial charge in [0.1, 0.15) is 11.5 Å². The Morgan fingerprint density at radius 3 is 2.57 bits per heavy atom. The van der Waals surface area contributed by atoms with E-state index >= 15 is 0 Å². The second kappa shape index (κ2) is 6.32. The Balaban J connectivity index is 2.27. The highest BCUT2D eigenvalue weighted by Gasteiger charge is 2.33. The Kier molecular flexibility index (Phi) is 4.69. The number of nitrogens with one attached hydrogen (secondary N) is 1. The van der Waals surface area contributed by atoms with Crippen molar-refractivity contribution in [2.75, 3.05) is 18.0 Å². The van der Waals surface area contributed by atoms with Crippen LogP contribution >= 0.6 is 0 Å². The maximum absolute atomic E-state index is 12.8. The summed E-state index contributed by atoms with van der Waals surface area (Å²) < 4.78 is 38.4. The lowest BCUT2D eigenvalue weighted by molar-refractivity contribution is -0.141. The van der Waals surface area contributed by atoms with Gasteiger partial charge in [0.2, 0.25) is 5.91 Å². The minimum atomic E-state index is -4.46. The molecule has 1 saturated heterocycles. The molecule has 7 heteroatoms. The Labute approximate surface area is 121 Å². The predicted molar refractivity (Wildman–Crippen MR) is 72.8 cm³/mol. The Morgan fingerprint density at radius 1 is 1.33 bits per heavy atom. The largest absolute Gasteiger partial charge is 0.433 e. The van der Waals surface area contributed by atoms with Crippen molar-refractivity contribution in [3.63, 3.8) is 0 Å². The van der Waals surface area contributed by atoms with Gasteiger partial charge in [-0.2, -0.15) is 13.2 Å². The van der Waals surface area contributed by atoms with Crippen LogP contribution in [0.4, 0.5) is 19.0 Å². The standard InChI is InChI=1S/C14H18F3N3O/c1-2-12(21)18-9-10-5-6-11(14(15,16)17)19-13(10)20-7-3-4-8-20/h5-6H,2-4,7-9H2,1H3,(H,18,21). The fourth-order valence-electron chi connectivity index (χ4n) is 2.29. The highest BCUT2D eigenvalue weighted by molar-refractivity contribution is 5.75. The van der Waals surface area contributed by atoms with Crippen LogP contribution in [0, 0.1) is 0 Å². The van der Waals surface area contributed by atoms with Crippen LogP contribution < -0.4 is 10.2 Å². The Morgan fingerprint density at radius 2 is 2.00 bits per heavy atom. The van der Waals surface area contributed by atoms with E-state index in [0.717, 1.165) is 18.9 Å². The fraction of sp³-hybridized carbons (Fsp3) is 0.571. The van der Waals surface area contributed by atoms with Crippen LogP contribution in [0.1, 0.15) is 37.4 Å². The van der Waals surface area contributed by atoms with E-state index in [0.29, 0.717) is 30.9 Å². The zero-order chi connectivity index (χ0) is 15.5. The lowest BCUT2D eigenvalue weighted by Crippen LogP contribution is -2.26. The summed E-state index contributed by atoms with van der Waals surface area (Å²) >= 11 is 0. The van der Waals surface area contributed by atoms with Gasteiger partial charge in [-0.25, -0.2) is 4.98 Å². The van der Waals surface area contributed by atoms with Crippen molar-refractivity contribution >= 4 is 11.7 Å². The molecule has 1 amide bonds. The second-order valence-electron chi connectivity index (χ2n) is 5.00. The zero-order valence-corrected chi connectivity index (χ0v) is 11.8. The van der Waals surface area contributed by atoms with Crippen molar-refractivity contribution in [3.05, 3.63) is 23.4 Å². The van der Waals surface area contributed by atoms with Gasteiger partial charge < -0.3 is 10.2 Å². The van der Waals surface area contributed by atoms with Gasteiger partial charge in [0, 0.05) is 31.6 Å². The summed E-state index contributed by atoms with van der Waals surface area (Å²) in [5.41, 5.74) is -0.276.